The highest BCUT2D eigenvalue weighted by Crippen LogP contribution is 2.34. The third kappa shape index (κ3) is 2.01. The Kier molecular flexibility index (Phi) is 2.83. The van der Waals surface area contributed by atoms with Crippen LogP contribution < -0.4 is 20.5 Å². The summed E-state index contributed by atoms with van der Waals surface area (Å²) < 4.78 is 11.0. The van der Waals surface area contributed by atoms with E-state index in [0.29, 0.717) is 26.2 Å². The van der Waals surface area contributed by atoms with Crippen LogP contribution in [0.2, 0.25) is 0 Å². The molecular formula is C13H16N2O3. The van der Waals surface area contributed by atoms with Crippen LogP contribution in [0.4, 0.5) is 0 Å². The van der Waals surface area contributed by atoms with Gasteiger partial charge < -0.3 is 20.5 Å². The highest BCUT2D eigenvalue weighted by Gasteiger charge is 2.28. The first-order valence-electron chi connectivity index (χ1n) is 6.16. The van der Waals surface area contributed by atoms with Crippen LogP contribution in [-0.4, -0.2) is 31.7 Å². The van der Waals surface area contributed by atoms with Crippen LogP contribution in [0.15, 0.2) is 18.2 Å². The Morgan fingerprint density at radius 1 is 1.22 bits per heavy atom. The maximum absolute atomic E-state index is 11.2. The minimum absolute atomic E-state index is 0.0243. The Labute approximate surface area is 105 Å². The molecule has 2 atom stereocenters. The average Bonchev–Trinajstić information content (AvgIpc) is 2.38. The second kappa shape index (κ2) is 4.49. The smallest absolute Gasteiger partial charge is 0.221 e. The second-order valence-electron chi connectivity index (χ2n) is 4.68. The van der Waals surface area contributed by atoms with Gasteiger partial charge in [0.1, 0.15) is 13.2 Å². The molecule has 18 heavy (non-hydrogen) atoms. The molecule has 0 spiro atoms. The number of ether oxygens (including phenoxy) is 2. The topological polar surface area (TPSA) is 73.6 Å². The van der Waals surface area contributed by atoms with Crippen molar-refractivity contribution in [3.8, 4) is 11.5 Å². The monoisotopic (exact) mass is 248 g/mol. The van der Waals surface area contributed by atoms with Gasteiger partial charge in [0, 0.05) is 24.9 Å². The zero-order valence-corrected chi connectivity index (χ0v) is 10.0. The van der Waals surface area contributed by atoms with Crippen molar-refractivity contribution in [3.05, 3.63) is 23.8 Å². The van der Waals surface area contributed by atoms with Gasteiger partial charge in [-0.25, -0.2) is 0 Å². The van der Waals surface area contributed by atoms with Gasteiger partial charge in [-0.3, -0.25) is 4.79 Å². The normalized spacial score (nSPS) is 26.6. The van der Waals surface area contributed by atoms with Crippen molar-refractivity contribution in [2.45, 2.75) is 18.4 Å². The van der Waals surface area contributed by atoms with Gasteiger partial charge >= 0.3 is 0 Å². The molecule has 96 valence electrons. The van der Waals surface area contributed by atoms with Crippen LogP contribution in [0.5, 0.6) is 11.5 Å². The van der Waals surface area contributed by atoms with E-state index < -0.39 is 0 Å². The molecule has 2 unspecified atom stereocenters. The van der Waals surface area contributed by atoms with Crippen LogP contribution in [0.3, 0.4) is 0 Å². The third-order valence-corrected chi connectivity index (χ3v) is 3.45. The Morgan fingerprint density at radius 2 is 2.00 bits per heavy atom. The van der Waals surface area contributed by atoms with E-state index in [1.165, 1.54) is 0 Å². The second-order valence-corrected chi connectivity index (χ2v) is 4.68. The largest absolute Gasteiger partial charge is 0.486 e. The first kappa shape index (κ1) is 11.3. The van der Waals surface area contributed by atoms with Gasteiger partial charge in [0.05, 0.1) is 0 Å². The van der Waals surface area contributed by atoms with Crippen molar-refractivity contribution in [3.63, 3.8) is 0 Å². The van der Waals surface area contributed by atoms with E-state index in [-0.39, 0.29) is 17.9 Å². The van der Waals surface area contributed by atoms with E-state index in [0.717, 1.165) is 17.1 Å². The fourth-order valence-corrected chi connectivity index (χ4v) is 2.46. The van der Waals surface area contributed by atoms with Crippen molar-refractivity contribution in [1.29, 1.82) is 0 Å². The minimum atomic E-state index is -0.138. The molecule has 1 aromatic rings. The lowest BCUT2D eigenvalue weighted by Gasteiger charge is -2.30. The fraction of sp³-hybridized carbons (Fsp3) is 0.462. The van der Waals surface area contributed by atoms with Gasteiger partial charge in [-0.1, -0.05) is 6.07 Å². The summed E-state index contributed by atoms with van der Waals surface area (Å²) in [6.07, 6.45) is 0.374. The number of rotatable bonds is 1. The van der Waals surface area contributed by atoms with E-state index in [1.54, 1.807) is 0 Å². The molecule has 3 rings (SSSR count). The number of piperidine rings is 1. The summed E-state index contributed by atoms with van der Waals surface area (Å²) in [5.41, 5.74) is 7.13. The van der Waals surface area contributed by atoms with E-state index in [9.17, 15) is 4.79 Å². The van der Waals surface area contributed by atoms with E-state index in [2.05, 4.69) is 5.32 Å². The third-order valence-electron chi connectivity index (χ3n) is 3.45. The van der Waals surface area contributed by atoms with Crippen LogP contribution >= 0.6 is 0 Å². The van der Waals surface area contributed by atoms with Crippen molar-refractivity contribution in [1.82, 2.24) is 5.32 Å². The van der Waals surface area contributed by atoms with Gasteiger partial charge in [0.2, 0.25) is 5.91 Å². The van der Waals surface area contributed by atoms with Gasteiger partial charge in [0.25, 0.3) is 0 Å². The molecule has 0 aromatic heterocycles. The number of nitrogens with two attached hydrogens (primary N) is 1. The highest BCUT2D eigenvalue weighted by molar-refractivity contribution is 5.78. The molecule has 1 fully saturated rings. The summed E-state index contributed by atoms with van der Waals surface area (Å²) in [6.45, 7) is 1.74. The highest BCUT2D eigenvalue weighted by atomic mass is 16.6. The molecule has 2 aliphatic rings. The molecule has 5 nitrogen and oxygen atoms in total. The van der Waals surface area contributed by atoms with Crippen LogP contribution in [-0.2, 0) is 4.79 Å². The standard InChI is InChI=1S/C13H16N2O3/c14-10-6-13(16)15-7-9(10)8-1-2-11-12(5-8)18-4-3-17-11/h1-2,5,9-10H,3-4,6-7,14H2,(H,15,16). The summed E-state index contributed by atoms with van der Waals surface area (Å²) in [7, 11) is 0. The lowest BCUT2D eigenvalue weighted by atomic mass is 9.87. The molecule has 1 saturated heterocycles. The molecule has 0 bridgehead atoms. The predicted molar refractivity (Wildman–Crippen MR) is 65.8 cm³/mol. The zero-order chi connectivity index (χ0) is 12.5. The van der Waals surface area contributed by atoms with E-state index in [4.69, 9.17) is 15.2 Å². The lowest BCUT2D eigenvalue weighted by molar-refractivity contribution is -0.122. The van der Waals surface area contributed by atoms with Crippen LogP contribution in [0.1, 0.15) is 17.9 Å². The maximum Gasteiger partial charge on any atom is 0.221 e. The molecule has 1 amide bonds. The summed E-state index contributed by atoms with van der Waals surface area (Å²) in [5.74, 6) is 1.70. The first-order chi connectivity index (χ1) is 8.74. The molecule has 0 saturated carbocycles. The van der Waals surface area contributed by atoms with E-state index >= 15 is 0 Å². The van der Waals surface area contributed by atoms with Gasteiger partial charge in [-0.05, 0) is 17.7 Å². The predicted octanol–water partition coefficient (Wildman–Crippen LogP) is 0.389. The summed E-state index contributed by atoms with van der Waals surface area (Å²) in [5, 5.41) is 2.85. The molecule has 3 N–H and O–H groups in total. The Morgan fingerprint density at radius 3 is 2.78 bits per heavy atom. The average molecular weight is 248 g/mol. The van der Waals surface area contributed by atoms with Gasteiger partial charge in [-0.15, -0.1) is 0 Å². The number of amides is 1. The van der Waals surface area contributed by atoms with Gasteiger partial charge in [0.15, 0.2) is 11.5 Å². The van der Waals surface area contributed by atoms with Crippen molar-refractivity contribution < 1.29 is 14.3 Å². The van der Waals surface area contributed by atoms with Gasteiger partial charge in [-0.2, -0.15) is 0 Å². The number of fused-ring (bicyclic) bond motifs is 1. The first-order valence-corrected chi connectivity index (χ1v) is 6.16. The molecule has 0 radical (unpaired) electrons. The Hall–Kier alpha value is -1.75. The molecule has 1 aromatic carbocycles. The lowest BCUT2D eigenvalue weighted by Crippen LogP contribution is -2.46. The summed E-state index contributed by atoms with van der Waals surface area (Å²) in [6, 6.07) is 5.74. The number of benzene rings is 1. The quantitative estimate of drug-likeness (QED) is 0.754. The molecule has 2 heterocycles. The number of carbonyl (C=O) groups is 1. The SMILES string of the molecule is NC1CC(=O)NCC1c1ccc2c(c1)OCCO2. The molecular weight excluding hydrogens is 232 g/mol. The van der Waals surface area contributed by atoms with Crippen molar-refractivity contribution in [2.24, 2.45) is 5.73 Å². The van der Waals surface area contributed by atoms with Crippen LogP contribution in [0.25, 0.3) is 0 Å². The zero-order valence-electron chi connectivity index (χ0n) is 10.0. The summed E-state index contributed by atoms with van der Waals surface area (Å²) in [4.78, 5) is 11.2. The fourth-order valence-electron chi connectivity index (χ4n) is 2.46. The number of nitrogens with one attached hydrogen (secondary N) is 1. The maximum atomic E-state index is 11.2. The molecule has 5 heteroatoms. The Bertz CT molecular complexity index is 475. The van der Waals surface area contributed by atoms with E-state index in [1.807, 2.05) is 18.2 Å². The Balaban J connectivity index is 1.85. The minimum Gasteiger partial charge on any atom is -0.486 e. The van der Waals surface area contributed by atoms with Crippen molar-refractivity contribution in [2.75, 3.05) is 19.8 Å². The number of carbonyl (C=O) groups excluding carboxylic acids is 1. The molecule has 2 aliphatic heterocycles. The summed E-state index contributed by atoms with van der Waals surface area (Å²) >= 11 is 0. The number of hydrogen-bond acceptors (Lipinski definition) is 4. The van der Waals surface area contributed by atoms with Crippen LogP contribution in [0, 0.1) is 0 Å². The molecule has 0 aliphatic carbocycles. The number of hydrogen-bond donors (Lipinski definition) is 2. The van der Waals surface area contributed by atoms with Crippen molar-refractivity contribution >= 4 is 5.91 Å².